The lowest BCUT2D eigenvalue weighted by atomic mass is 9.99. The largest absolute Gasteiger partial charge is 0.758 e. The molecule has 0 radical (unpaired) electrons. The molecule has 0 fully saturated rings. The van der Waals surface area contributed by atoms with Gasteiger partial charge in [0, 0.05) is 17.7 Å². The van der Waals surface area contributed by atoms with Crippen LogP contribution in [0.4, 0.5) is 0 Å². The predicted octanol–water partition coefficient (Wildman–Crippen LogP) is 4.16. The van der Waals surface area contributed by atoms with Crippen LogP contribution in [0.25, 0.3) is 0 Å². The smallest absolute Gasteiger partial charge is 0.237 e. The lowest BCUT2D eigenvalue weighted by Crippen LogP contribution is -2.47. The summed E-state index contributed by atoms with van der Waals surface area (Å²) in [5, 5.41) is 0.387. The summed E-state index contributed by atoms with van der Waals surface area (Å²) in [6, 6.07) is 20.7. The number of ketones is 1. The van der Waals surface area contributed by atoms with Gasteiger partial charge < -0.3 is 17.6 Å². The van der Waals surface area contributed by atoms with Gasteiger partial charge in [0.1, 0.15) is 0 Å². The first-order valence-corrected chi connectivity index (χ1v) is 9.29. The van der Waals surface area contributed by atoms with E-state index >= 15 is 0 Å². The molecule has 3 aromatic rings. The third-order valence-corrected chi connectivity index (χ3v) is 4.92. The number of rotatable bonds is 6. The summed E-state index contributed by atoms with van der Waals surface area (Å²) in [6.07, 6.45) is 3.71. The normalized spacial score (nSPS) is 12.6. The Morgan fingerprint density at radius 1 is 0.963 bits per heavy atom. The Balaban J connectivity index is 1.95. The average Bonchev–Trinajstić information content (AvgIpc) is 2.70. The van der Waals surface area contributed by atoms with Gasteiger partial charge in [-0.1, -0.05) is 48.5 Å². The summed E-state index contributed by atoms with van der Waals surface area (Å²) in [4.78, 5) is 17.8. The van der Waals surface area contributed by atoms with E-state index in [1.807, 2.05) is 97.5 Å². The highest BCUT2D eigenvalue weighted by molar-refractivity contribution is 7.77. The molecule has 136 valence electrons. The summed E-state index contributed by atoms with van der Waals surface area (Å²) >= 11 is 5.58. The van der Waals surface area contributed by atoms with Gasteiger partial charge >= 0.3 is 0 Å². The molecule has 3 nitrogen and oxygen atoms in total. The van der Waals surface area contributed by atoms with Crippen LogP contribution >= 0.6 is 0 Å². The van der Waals surface area contributed by atoms with Gasteiger partial charge in [-0.05, 0) is 41.6 Å². The van der Waals surface area contributed by atoms with Crippen molar-refractivity contribution in [1.82, 2.24) is 0 Å². The molecule has 0 bridgehead atoms. The van der Waals surface area contributed by atoms with Crippen LogP contribution in [0.5, 0.6) is 0 Å². The Morgan fingerprint density at radius 3 is 2.30 bits per heavy atom. The lowest BCUT2D eigenvalue weighted by molar-refractivity contribution is -0.691. The van der Waals surface area contributed by atoms with Gasteiger partial charge in [0.15, 0.2) is 12.4 Å². The maximum atomic E-state index is 13.3. The fraction of sp³-hybridized carbons (Fsp3) is 0.174. The molecule has 0 aliphatic carbocycles. The fourth-order valence-corrected chi connectivity index (χ4v) is 3.14. The van der Waals surface area contributed by atoms with Crippen molar-refractivity contribution in [2.45, 2.75) is 26.4 Å². The molecule has 0 aliphatic rings. The Bertz CT molecular complexity index is 953. The first-order valence-electron chi connectivity index (χ1n) is 8.89. The van der Waals surface area contributed by atoms with Crippen LogP contribution in [-0.4, -0.2) is 10.8 Å². The average molecular weight is 375 g/mol. The second-order valence-corrected chi connectivity index (χ2v) is 6.95. The van der Waals surface area contributed by atoms with Crippen molar-refractivity contribution in [3.8, 4) is 0 Å². The number of carbonyl (C=O) groups is 1. The second kappa shape index (κ2) is 8.69. The van der Waals surface area contributed by atoms with Gasteiger partial charge in [-0.3, -0.25) is 4.79 Å². The van der Waals surface area contributed by atoms with Crippen LogP contribution in [0.3, 0.4) is 0 Å². The first-order chi connectivity index (χ1) is 13.1. The maximum Gasteiger partial charge on any atom is 0.237 e. The molecule has 1 aromatic heterocycles. The molecule has 0 saturated heterocycles. The Morgan fingerprint density at radius 2 is 1.63 bits per heavy atom. The molecule has 3 rings (SSSR count). The van der Waals surface area contributed by atoms with E-state index < -0.39 is 6.04 Å². The number of nitrogens with zero attached hydrogens (tertiary/aromatic N) is 2. The highest BCUT2D eigenvalue weighted by Crippen LogP contribution is 2.16. The van der Waals surface area contributed by atoms with E-state index in [1.165, 1.54) is 0 Å². The lowest BCUT2D eigenvalue weighted by Gasteiger charge is -2.19. The summed E-state index contributed by atoms with van der Waals surface area (Å²) in [5.74, 6) is -0.0453. The third kappa shape index (κ3) is 4.66. The highest BCUT2D eigenvalue weighted by atomic mass is 32.1. The quantitative estimate of drug-likeness (QED) is 0.213. The minimum absolute atomic E-state index is 0.0453. The number of carbonyl (C=O) groups excluding carboxylic acids is 1. The fourth-order valence-electron chi connectivity index (χ4n) is 2.85. The summed E-state index contributed by atoms with van der Waals surface area (Å²) < 4.78 is 1.83. The van der Waals surface area contributed by atoms with Gasteiger partial charge in [0.05, 0.1) is 6.54 Å². The third-order valence-electron chi connectivity index (χ3n) is 4.57. The van der Waals surface area contributed by atoms with Crippen molar-refractivity contribution in [3.05, 3.63) is 101 Å². The zero-order chi connectivity index (χ0) is 19.2. The zero-order valence-corrected chi connectivity index (χ0v) is 16.3. The molecule has 0 saturated carbocycles. The number of pyridine rings is 1. The SMILES string of the molecule is Cc1ccc(C(=O)[C@H](C([S-])=NCc2ccccc2)[n+]2ccccc2)cc1C. The van der Waals surface area contributed by atoms with Crippen molar-refractivity contribution in [3.63, 3.8) is 0 Å². The van der Waals surface area contributed by atoms with Crippen LogP contribution in [-0.2, 0) is 19.2 Å². The van der Waals surface area contributed by atoms with E-state index in [0.717, 1.165) is 16.7 Å². The number of Topliss-reactive ketones (excluding diaryl/α,β-unsaturated/α-hetero) is 1. The number of aliphatic imine (C=N–C) groups is 1. The van der Waals surface area contributed by atoms with Gasteiger partial charge in [0.25, 0.3) is 0 Å². The molecule has 4 heteroatoms. The van der Waals surface area contributed by atoms with Gasteiger partial charge in [-0.25, -0.2) is 0 Å². The number of hydrogen-bond donors (Lipinski definition) is 0. The van der Waals surface area contributed by atoms with Crippen molar-refractivity contribution >= 4 is 23.5 Å². The molecule has 0 spiro atoms. The summed E-state index contributed by atoms with van der Waals surface area (Å²) in [7, 11) is 0. The van der Waals surface area contributed by atoms with Crippen molar-refractivity contribution in [1.29, 1.82) is 0 Å². The minimum Gasteiger partial charge on any atom is -0.758 e. The zero-order valence-electron chi connectivity index (χ0n) is 15.5. The van der Waals surface area contributed by atoms with E-state index in [4.69, 9.17) is 12.6 Å². The highest BCUT2D eigenvalue weighted by Gasteiger charge is 2.28. The van der Waals surface area contributed by atoms with Gasteiger partial charge in [-0.2, -0.15) is 4.57 Å². The summed E-state index contributed by atoms with van der Waals surface area (Å²) in [5.41, 5.74) is 3.96. The van der Waals surface area contributed by atoms with E-state index in [1.54, 1.807) is 0 Å². The van der Waals surface area contributed by atoms with Crippen LogP contribution < -0.4 is 4.57 Å². The molecule has 0 N–H and O–H groups in total. The topological polar surface area (TPSA) is 33.3 Å². The van der Waals surface area contributed by atoms with Crippen LogP contribution in [0.15, 0.2) is 84.1 Å². The van der Waals surface area contributed by atoms with E-state index in [9.17, 15) is 4.79 Å². The van der Waals surface area contributed by atoms with Crippen molar-refractivity contribution < 1.29 is 9.36 Å². The molecular weight excluding hydrogens is 352 g/mol. The summed E-state index contributed by atoms with van der Waals surface area (Å²) in [6.45, 7) is 4.51. The molecule has 0 unspecified atom stereocenters. The number of benzene rings is 2. The number of aromatic nitrogens is 1. The second-order valence-electron chi connectivity index (χ2n) is 6.53. The Hall–Kier alpha value is -2.85. The standard InChI is InChI=1S/C23H22N2OS/c1-17-11-12-20(15-18(17)2)22(26)21(25-13-7-4-8-14-25)23(27)24-16-19-9-5-3-6-10-19/h3-15,21H,16H2,1-2H3/t21-/m1/s1. The maximum absolute atomic E-state index is 13.3. The Kier molecular flexibility index (Phi) is 6.09. The first kappa shape index (κ1) is 18.9. The van der Waals surface area contributed by atoms with E-state index in [0.29, 0.717) is 17.2 Å². The minimum atomic E-state index is -0.632. The monoisotopic (exact) mass is 374 g/mol. The number of aryl methyl sites for hydroxylation is 2. The molecule has 0 aliphatic heterocycles. The molecular formula is C23H22N2OS. The van der Waals surface area contributed by atoms with Gasteiger partial charge in [0.2, 0.25) is 11.8 Å². The van der Waals surface area contributed by atoms with Crippen molar-refractivity contribution in [2.75, 3.05) is 0 Å². The Labute approximate surface area is 165 Å². The number of hydrogen-bond acceptors (Lipinski definition) is 3. The molecule has 27 heavy (non-hydrogen) atoms. The van der Waals surface area contributed by atoms with Gasteiger partial charge in [-0.15, -0.1) is 0 Å². The molecule has 1 heterocycles. The predicted molar refractivity (Wildman–Crippen MR) is 111 cm³/mol. The van der Waals surface area contributed by atoms with Crippen LogP contribution in [0, 0.1) is 13.8 Å². The van der Waals surface area contributed by atoms with Crippen molar-refractivity contribution in [2.24, 2.45) is 4.99 Å². The molecule has 0 amide bonds. The van der Waals surface area contributed by atoms with E-state index in [-0.39, 0.29) is 5.78 Å². The van der Waals surface area contributed by atoms with Crippen LogP contribution in [0.2, 0.25) is 0 Å². The molecule has 1 atom stereocenters. The van der Waals surface area contributed by atoms with E-state index in [2.05, 4.69) is 4.99 Å². The van der Waals surface area contributed by atoms with Crippen LogP contribution in [0.1, 0.15) is 33.1 Å². The molecule has 2 aromatic carbocycles.